The van der Waals surface area contributed by atoms with Crippen LogP contribution < -0.4 is 9.07 Å². The first-order chi connectivity index (χ1) is 13.1. The molecule has 8 nitrogen and oxygen atoms in total. The summed E-state index contributed by atoms with van der Waals surface area (Å²) in [5, 5.41) is 11.1. The predicted octanol–water partition coefficient (Wildman–Crippen LogP) is 4.11. The standard InChI is InChI=1S/C17H12N2O6S2/c20-19(21)15-11-12-16(26-25-23-13-7-3-1-4-8-13)18-17(15)27(22)24-14-9-5-2-6-10-14/h1-12H. The monoisotopic (exact) mass is 404 g/mol. The fourth-order valence-corrected chi connectivity index (χ4v) is 3.24. The maximum atomic E-state index is 12.4. The zero-order valence-electron chi connectivity index (χ0n) is 13.6. The highest BCUT2D eigenvalue weighted by atomic mass is 32.2. The first kappa shape index (κ1) is 18.8. The van der Waals surface area contributed by atoms with Crippen molar-refractivity contribution in [1.82, 2.24) is 4.98 Å². The molecule has 0 saturated heterocycles. The average Bonchev–Trinajstić information content (AvgIpc) is 2.69. The van der Waals surface area contributed by atoms with E-state index in [4.69, 9.17) is 13.4 Å². The van der Waals surface area contributed by atoms with Crippen molar-refractivity contribution in [2.45, 2.75) is 10.1 Å². The van der Waals surface area contributed by atoms with Crippen molar-refractivity contribution in [3.63, 3.8) is 0 Å². The molecule has 1 atom stereocenters. The van der Waals surface area contributed by atoms with Crippen LogP contribution in [0.15, 0.2) is 82.8 Å². The fraction of sp³-hybridized carbons (Fsp3) is 0. The van der Waals surface area contributed by atoms with E-state index in [1.165, 1.54) is 12.1 Å². The number of pyridine rings is 1. The molecular weight excluding hydrogens is 392 g/mol. The highest BCUT2D eigenvalue weighted by Gasteiger charge is 2.24. The summed E-state index contributed by atoms with van der Waals surface area (Å²) in [7, 11) is 0. The smallest absolute Gasteiger partial charge is 0.307 e. The van der Waals surface area contributed by atoms with Crippen LogP contribution in [-0.2, 0) is 15.4 Å². The van der Waals surface area contributed by atoms with Gasteiger partial charge in [-0.15, -0.1) is 4.33 Å². The van der Waals surface area contributed by atoms with Gasteiger partial charge in [0.05, 0.1) is 4.92 Å². The van der Waals surface area contributed by atoms with Gasteiger partial charge >= 0.3 is 5.69 Å². The molecule has 1 unspecified atom stereocenters. The third-order valence-electron chi connectivity index (χ3n) is 3.08. The van der Waals surface area contributed by atoms with Gasteiger partial charge in [0, 0.05) is 6.07 Å². The zero-order chi connectivity index (χ0) is 19.1. The molecule has 0 amide bonds. The molecule has 0 N–H and O–H groups in total. The van der Waals surface area contributed by atoms with E-state index in [2.05, 4.69) is 4.98 Å². The molecule has 27 heavy (non-hydrogen) atoms. The number of hydrogen-bond donors (Lipinski definition) is 0. The van der Waals surface area contributed by atoms with Crippen molar-refractivity contribution in [2.75, 3.05) is 0 Å². The van der Waals surface area contributed by atoms with Gasteiger partial charge in [-0.1, -0.05) is 36.4 Å². The second kappa shape index (κ2) is 9.12. The molecule has 10 heteroatoms. The molecule has 3 rings (SSSR count). The summed E-state index contributed by atoms with van der Waals surface area (Å²) in [6, 6.07) is 19.6. The lowest BCUT2D eigenvalue weighted by Gasteiger charge is -2.06. The minimum absolute atomic E-state index is 0.219. The molecule has 0 bridgehead atoms. The van der Waals surface area contributed by atoms with Gasteiger partial charge in [0.15, 0.2) is 5.75 Å². The highest BCUT2D eigenvalue weighted by Crippen LogP contribution is 2.27. The number of nitro groups is 1. The Hall–Kier alpha value is -2.95. The van der Waals surface area contributed by atoms with Crippen LogP contribution >= 0.6 is 12.0 Å². The van der Waals surface area contributed by atoms with Gasteiger partial charge in [0.25, 0.3) is 11.1 Å². The Morgan fingerprint density at radius 1 is 0.926 bits per heavy atom. The van der Waals surface area contributed by atoms with Crippen molar-refractivity contribution < 1.29 is 22.5 Å². The Bertz CT molecular complexity index is 941. The third kappa shape index (κ3) is 5.26. The second-order valence-electron chi connectivity index (χ2n) is 4.91. The fourth-order valence-electron chi connectivity index (χ4n) is 1.89. The minimum Gasteiger partial charge on any atom is -0.396 e. The Balaban J connectivity index is 1.74. The summed E-state index contributed by atoms with van der Waals surface area (Å²) in [6.45, 7) is 0. The van der Waals surface area contributed by atoms with Crippen LogP contribution in [0.25, 0.3) is 0 Å². The van der Waals surface area contributed by atoms with Gasteiger partial charge in [0.1, 0.15) is 22.8 Å². The molecule has 138 valence electrons. The second-order valence-corrected chi connectivity index (χ2v) is 6.65. The molecule has 2 aromatic carbocycles. The molecule has 1 aromatic heterocycles. The van der Waals surface area contributed by atoms with E-state index in [0.29, 0.717) is 11.5 Å². The predicted molar refractivity (Wildman–Crippen MR) is 98.4 cm³/mol. The van der Waals surface area contributed by atoms with E-state index >= 15 is 0 Å². The van der Waals surface area contributed by atoms with Crippen molar-refractivity contribution in [3.8, 4) is 11.5 Å². The first-order valence-electron chi connectivity index (χ1n) is 7.50. The molecule has 1 heterocycles. The lowest BCUT2D eigenvalue weighted by atomic mass is 10.3. The molecule has 0 fully saturated rings. The van der Waals surface area contributed by atoms with Crippen LogP contribution in [0.4, 0.5) is 5.69 Å². The van der Waals surface area contributed by atoms with Gasteiger partial charge < -0.3 is 9.07 Å². The first-order valence-corrected chi connectivity index (χ1v) is 9.32. The number of para-hydroxylation sites is 2. The maximum absolute atomic E-state index is 12.4. The van der Waals surface area contributed by atoms with E-state index in [0.717, 1.165) is 12.0 Å². The molecule has 0 aliphatic heterocycles. The molecule has 0 saturated carbocycles. The minimum atomic E-state index is -2.18. The lowest BCUT2D eigenvalue weighted by Crippen LogP contribution is -2.07. The number of hydrogen-bond acceptors (Lipinski definition) is 8. The van der Waals surface area contributed by atoms with E-state index in [9.17, 15) is 14.3 Å². The van der Waals surface area contributed by atoms with E-state index < -0.39 is 21.7 Å². The molecular formula is C17H12N2O6S2. The quantitative estimate of drug-likeness (QED) is 0.239. The van der Waals surface area contributed by atoms with Gasteiger partial charge in [-0.3, -0.25) is 10.1 Å². The largest absolute Gasteiger partial charge is 0.396 e. The number of rotatable bonds is 8. The van der Waals surface area contributed by atoms with Crippen LogP contribution in [0.1, 0.15) is 0 Å². The van der Waals surface area contributed by atoms with Crippen LogP contribution in [0.2, 0.25) is 0 Å². The summed E-state index contributed by atoms with van der Waals surface area (Å²) in [6.07, 6.45) is 0. The SMILES string of the molecule is O=[N+]([O-])c1ccc(SOOc2ccccc2)nc1S(=O)Oc1ccccc1. The Kier molecular flexibility index (Phi) is 6.36. The van der Waals surface area contributed by atoms with Crippen LogP contribution in [0, 0.1) is 10.1 Å². The Morgan fingerprint density at radius 3 is 2.19 bits per heavy atom. The van der Waals surface area contributed by atoms with E-state index in [1.54, 1.807) is 54.6 Å². The van der Waals surface area contributed by atoms with Gasteiger partial charge in [-0.25, -0.2) is 9.19 Å². The third-order valence-corrected chi connectivity index (χ3v) is 4.57. The maximum Gasteiger partial charge on any atom is 0.307 e. The number of nitrogens with zero attached hydrogens (tertiary/aromatic N) is 2. The van der Waals surface area contributed by atoms with Gasteiger partial charge in [-0.2, -0.15) is 0 Å². The van der Waals surface area contributed by atoms with Crippen molar-refractivity contribution in [1.29, 1.82) is 0 Å². The molecule has 0 aliphatic carbocycles. The normalized spacial score (nSPS) is 11.6. The van der Waals surface area contributed by atoms with E-state index in [1.807, 2.05) is 6.07 Å². The zero-order valence-corrected chi connectivity index (χ0v) is 15.2. The van der Waals surface area contributed by atoms with Crippen LogP contribution in [0.3, 0.4) is 0 Å². The van der Waals surface area contributed by atoms with Crippen LogP contribution in [0.5, 0.6) is 11.5 Å². The van der Waals surface area contributed by atoms with Crippen molar-refractivity contribution in [3.05, 3.63) is 82.9 Å². The summed E-state index contributed by atoms with van der Waals surface area (Å²) >= 11 is -1.45. The van der Waals surface area contributed by atoms with Gasteiger partial charge in [0.2, 0.25) is 5.03 Å². The van der Waals surface area contributed by atoms with E-state index in [-0.39, 0.29) is 10.1 Å². The Labute approximate surface area is 161 Å². The number of benzene rings is 2. The summed E-state index contributed by atoms with van der Waals surface area (Å²) in [5.41, 5.74) is -0.419. The van der Waals surface area contributed by atoms with Crippen LogP contribution in [-0.4, -0.2) is 14.1 Å². The molecule has 0 radical (unpaired) electrons. The highest BCUT2D eigenvalue weighted by molar-refractivity contribution is 7.94. The molecule has 3 aromatic rings. The summed E-state index contributed by atoms with van der Waals surface area (Å²) in [5.74, 6) is 0.775. The lowest BCUT2D eigenvalue weighted by molar-refractivity contribution is -0.388. The van der Waals surface area contributed by atoms with Crippen molar-refractivity contribution in [2.24, 2.45) is 0 Å². The molecule has 0 spiro atoms. The summed E-state index contributed by atoms with van der Waals surface area (Å²) in [4.78, 5) is 19.6. The number of aromatic nitrogens is 1. The summed E-state index contributed by atoms with van der Waals surface area (Å²) < 4.78 is 22.7. The van der Waals surface area contributed by atoms with Crippen molar-refractivity contribution >= 4 is 28.8 Å². The van der Waals surface area contributed by atoms with Gasteiger partial charge in [-0.05, 0) is 30.3 Å². The Morgan fingerprint density at radius 2 is 1.56 bits per heavy atom. The average molecular weight is 404 g/mol. The molecule has 0 aliphatic rings. The topological polar surface area (TPSA) is 101 Å².